The van der Waals surface area contributed by atoms with Crippen molar-refractivity contribution in [2.45, 2.75) is 33.6 Å². The Morgan fingerprint density at radius 1 is 1.46 bits per heavy atom. The maximum absolute atomic E-state index is 11.8. The van der Waals surface area contributed by atoms with E-state index in [1.807, 2.05) is 0 Å². The number of amides is 1. The number of rotatable bonds is 0. The van der Waals surface area contributed by atoms with Gasteiger partial charge in [0.2, 0.25) is 5.91 Å². The van der Waals surface area contributed by atoms with Crippen LogP contribution in [0.1, 0.15) is 33.6 Å². The monoisotopic (exact) mass is 197 g/mol. The second-order valence-corrected chi connectivity index (χ2v) is 5.40. The van der Waals surface area contributed by atoms with Crippen LogP contribution < -0.4 is 5.32 Å². The zero-order chi connectivity index (χ0) is 9.85. The standard InChI is InChI=1S/C10H15NOS/c1-9(2)6-4-5-10(9,3)8(12)11-7(6)13/h6H,4-5H2,1-3H3,(H,11,12,13). The summed E-state index contributed by atoms with van der Waals surface area (Å²) in [5.41, 5.74) is -0.174. The van der Waals surface area contributed by atoms with Gasteiger partial charge in [0, 0.05) is 5.92 Å². The average Bonchev–Trinajstić information content (AvgIpc) is 2.16. The van der Waals surface area contributed by atoms with Crippen molar-refractivity contribution in [3.63, 3.8) is 0 Å². The molecule has 0 aromatic rings. The predicted molar refractivity (Wildman–Crippen MR) is 55.4 cm³/mol. The number of piperidine rings is 1. The highest BCUT2D eigenvalue weighted by Crippen LogP contribution is 2.58. The number of fused-ring (bicyclic) bond motifs is 2. The topological polar surface area (TPSA) is 29.1 Å². The molecule has 2 rings (SSSR count). The Bertz CT molecular complexity index is 297. The molecule has 13 heavy (non-hydrogen) atoms. The van der Waals surface area contributed by atoms with Gasteiger partial charge < -0.3 is 5.32 Å². The summed E-state index contributed by atoms with van der Waals surface area (Å²) in [5, 5.41) is 2.83. The molecule has 2 bridgehead atoms. The SMILES string of the molecule is CC12CCC(C(=S)NC1=O)C2(C)C. The molecular formula is C10H15NOS. The number of nitrogens with one attached hydrogen (secondary N) is 1. The van der Waals surface area contributed by atoms with Gasteiger partial charge in [-0.3, -0.25) is 4.79 Å². The summed E-state index contributed by atoms with van der Waals surface area (Å²) in [6, 6.07) is 0. The summed E-state index contributed by atoms with van der Waals surface area (Å²) >= 11 is 5.20. The highest BCUT2D eigenvalue weighted by Gasteiger charge is 2.60. The summed E-state index contributed by atoms with van der Waals surface area (Å²) in [6.07, 6.45) is 2.03. The van der Waals surface area contributed by atoms with E-state index in [9.17, 15) is 4.79 Å². The number of hydrogen-bond donors (Lipinski definition) is 1. The van der Waals surface area contributed by atoms with Crippen molar-refractivity contribution >= 4 is 23.1 Å². The van der Waals surface area contributed by atoms with Crippen molar-refractivity contribution in [2.24, 2.45) is 16.7 Å². The number of carbonyl (C=O) groups excluding carboxylic acids is 1. The van der Waals surface area contributed by atoms with Crippen LogP contribution in [0.5, 0.6) is 0 Å². The van der Waals surface area contributed by atoms with E-state index >= 15 is 0 Å². The maximum atomic E-state index is 11.8. The summed E-state index contributed by atoms with van der Waals surface area (Å²) in [6.45, 7) is 6.38. The fourth-order valence-corrected chi connectivity index (χ4v) is 3.21. The van der Waals surface area contributed by atoms with Crippen molar-refractivity contribution in [3.05, 3.63) is 0 Å². The largest absolute Gasteiger partial charge is 0.320 e. The minimum Gasteiger partial charge on any atom is -0.320 e. The van der Waals surface area contributed by atoms with E-state index in [0.717, 1.165) is 17.8 Å². The molecule has 0 radical (unpaired) electrons. The summed E-state index contributed by atoms with van der Waals surface area (Å²) in [7, 11) is 0. The van der Waals surface area contributed by atoms with Crippen molar-refractivity contribution in [1.82, 2.24) is 5.32 Å². The van der Waals surface area contributed by atoms with E-state index in [2.05, 4.69) is 26.1 Å². The third-order valence-electron chi connectivity index (χ3n) is 4.28. The second-order valence-electron chi connectivity index (χ2n) is 4.96. The smallest absolute Gasteiger partial charge is 0.231 e. The van der Waals surface area contributed by atoms with E-state index in [0.29, 0.717) is 5.92 Å². The predicted octanol–water partition coefficient (Wildman–Crippen LogP) is 1.89. The molecule has 1 N–H and O–H groups in total. The molecular weight excluding hydrogens is 182 g/mol. The zero-order valence-electron chi connectivity index (χ0n) is 8.31. The highest BCUT2D eigenvalue weighted by molar-refractivity contribution is 7.80. The van der Waals surface area contributed by atoms with E-state index in [1.54, 1.807) is 0 Å². The molecule has 1 heterocycles. The van der Waals surface area contributed by atoms with Crippen LogP contribution in [0, 0.1) is 16.7 Å². The Kier molecular flexibility index (Phi) is 1.63. The lowest BCUT2D eigenvalue weighted by atomic mass is 9.63. The third kappa shape index (κ3) is 0.885. The molecule has 1 aliphatic carbocycles. The van der Waals surface area contributed by atoms with Gasteiger partial charge in [0.1, 0.15) is 0 Å². The first kappa shape index (κ1) is 9.13. The second kappa shape index (κ2) is 2.32. The molecule has 2 aliphatic rings. The van der Waals surface area contributed by atoms with Crippen LogP contribution in [-0.4, -0.2) is 10.9 Å². The van der Waals surface area contributed by atoms with Gasteiger partial charge in [0.25, 0.3) is 0 Å². The summed E-state index contributed by atoms with van der Waals surface area (Å²) in [5.74, 6) is 0.515. The van der Waals surface area contributed by atoms with Gasteiger partial charge in [0.05, 0.1) is 10.4 Å². The van der Waals surface area contributed by atoms with Crippen LogP contribution >= 0.6 is 12.2 Å². The lowest BCUT2D eigenvalue weighted by Crippen LogP contribution is -2.56. The summed E-state index contributed by atoms with van der Waals surface area (Å²) < 4.78 is 0. The molecule has 2 unspecified atom stereocenters. The third-order valence-corrected chi connectivity index (χ3v) is 4.67. The normalized spacial score (nSPS) is 41.9. The van der Waals surface area contributed by atoms with Crippen molar-refractivity contribution in [3.8, 4) is 0 Å². The van der Waals surface area contributed by atoms with Crippen molar-refractivity contribution in [1.29, 1.82) is 0 Å². The fourth-order valence-electron chi connectivity index (χ4n) is 2.70. The number of hydrogen-bond acceptors (Lipinski definition) is 2. The Morgan fingerprint density at radius 3 is 2.69 bits per heavy atom. The van der Waals surface area contributed by atoms with Gasteiger partial charge in [-0.2, -0.15) is 0 Å². The molecule has 72 valence electrons. The van der Waals surface area contributed by atoms with Gasteiger partial charge in [0.15, 0.2) is 0 Å². The van der Waals surface area contributed by atoms with E-state index in [-0.39, 0.29) is 16.7 Å². The first-order chi connectivity index (χ1) is 5.89. The van der Waals surface area contributed by atoms with Crippen LogP contribution in [0.4, 0.5) is 0 Å². The molecule has 0 aromatic carbocycles. The average molecular weight is 197 g/mol. The molecule has 1 saturated carbocycles. The van der Waals surface area contributed by atoms with Crippen LogP contribution in [0.25, 0.3) is 0 Å². The highest BCUT2D eigenvalue weighted by atomic mass is 32.1. The molecule has 3 heteroatoms. The molecule has 1 saturated heterocycles. The first-order valence-electron chi connectivity index (χ1n) is 4.75. The van der Waals surface area contributed by atoms with Crippen LogP contribution in [0.2, 0.25) is 0 Å². The lowest BCUT2D eigenvalue weighted by Gasteiger charge is -2.44. The molecule has 1 amide bonds. The van der Waals surface area contributed by atoms with Gasteiger partial charge in [-0.25, -0.2) is 0 Å². The minimum atomic E-state index is -0.208. The van der Waals surface area contributed by atoms with Crippen LogP contribution in [0.15, 0.2) is 0 Å². The molecule has 2 atom stereocenters. The quantitative estimate of drug-likeness (QED) is 0.601. The molecule has 0 spiro atoms. The molecule has 2 fully saturated rings. The summed E-state index contributed by atoms with van der Waals surface area (Å²) in [4.78, 5) is 12.6. The van der Waals surface area contributed by atoms with Gasteiger partial charge in [-0.1, -0.05) is 33.0 Å². The molecule has 2 nitrogen and oxygen atoms in total. The van der Waals surface area contributed by atoms with Crippen LogP contribution in [0.3, 0.4) is 0 Å². The molecule has 0 aromatic heterocycles. The Hall–Kier alpha value is -0.440. The molecule has 1 aliphatic heterocycles. The minimum absolute atomic E-state index is 0.0341. The maximum Gasteiger partial charge on any atom is 0.231 e. The zero-order valence-corrected chi connectivity index (χ0v) is 9.12. The van der Waals surface area contributed by atoms with Gasteiger partial charge in [-0.05, 0) is 18.3 Å². The van der Waals surface area contributed by atoms with E-state index in [1.165, 1.54) is 0 Å². The first-order valence-corrected chi connectivity index (χ1v) is 5.16. The van der Waals surface area contributed by atoms with Crippen molar-refractivity contribution < 1.29 is 4.79 Å². The van der Waals surface area contributed by atoms with Crippen LogP contribution in [-0.2, 0) is 4.79 Å². The number of thiocarbonyl (C=S) groups is 1. The van der Waals surface area contributed by atoms with Gasteiger partial charge >= 0.3 is 0 Å². The lowest BCUT2D eigenvalue weighted by molar-refractivity contribution is -0.135. The van der Waals surface area contributed by atoms with E-state index in [4.69, 9.17) is 12.2 Å². The van der Waals surface area contributed by atoms with E-state index < -0.39 is 0 Å². The Balaban J connectivity index is 2.51. The van der Waals surface area contributed by atoms with Crippen molar-refractivity contribution in [2.75, 3.05) is 0 Å². The Morgan fingerprint density at radius 2 is 2.08 bits per heavy atom. The Labute approximate surface area is 84.1 Å². The fraction of sp³-hybridized carbons (Fsp3) is 0.800. The van der Waals surface area contributed by atoms with Gasteiger partial charge in [-0.15, -0.1) is 0 Å². The number of carbonyl (C=O) groups is 1.